The molecule has 1 fully saturated rings. The zero-order valence-corrected chi connectivity index (χ0v) is 14.1. The van der Waals surface area contributed by atoms with Gasteiger partial charge in [-0.15, -0.1) is 11.6 Å². The van der Waals surface area contributed by atoms with Crippen LogP contribution in [0.1, 0.15) is 23.2 Å². The standard InChI is InChI=1S/C13H14Br2ClNO2/c14-10-5-9(6-11(15)7-10)12(18)17-13(8-16)1-3-19-4-2-13/h5-7H,1-4,8H2,(H,17,18). The molecule has 0 atom stereocenters. The second-order valence-electron chi connectivity index (χ2n) is 4.64. The number of ether oxygens (including phenoxy) is 1. The molecule has 1 aliphatic rings. The number of alkyl halides is 1. The minimum atomic E-state index is -0.355. The number of hydrogen-bond donors (Lipinski definition) is 1. The molecular weight excluding hydrogens is 397 g/mol. The van der Waals surface area contributed by atoms with Crippen LogP contribution in [-0.2, 0) is 4.74 Å². The summed E-state index contributed by atoms with van der Waals surface area (Å²) in [6.45, 7) is 1.27. The van der Waals surface area contributed by atoms with E-state index in [1.165, 1.54) is 0 Å². The lowest BCUT2D eigenvalue weighted by Gasteiger charge is -2.36. The minimum Gasteiger partial charge on any atom is -0.381 e. The zero-order chi connectivity index (χ0) is 13.9. The van der Waals surface area contributed by atoms with Crippen LogP contribution in [0, 0.1) is 0 Å². The van der Waals surface area contributed by atoms with Gasteiger partial charge in [-0.3, -0.25) is 4.79 Å². The molecule has 1 saturated heterocycles. The summed E-state index contributed by atoms with van der Waals surface area (Å²) in [5, 5.41) is 3.06. The highest BCUT2D eigenvalue weighted by molar-refractivity contribution is 9.11. The molecule has 0 aliphatic carbocycles. The van der Waals surface area contributed by atoms with E-state index in [2.05, 4.69) is 37.2 Å². The maximum Gasteiger partial charge on any atom is 0.251 e. The lowest BCUT2D eigenvalue weighted by atomic mass is 9.92. The smallest absolute Gasteiger partial charge is 0.251 e. The van der Waals surface area contributed by atoms with E-state index in [-0.39, 0.29) is 11.4 Å². The van der Waals surface area contributed by atoms with Crippen LogP contribution in [0.25, 0.3) is 0 Å². The van der Waals surface area contributed by atoms with E-state index in [0.29, 0.717) is 24.7 Å². The maximum absolute atomic E-state index is 12.3. The van der Waals surface area contributed by atoms with Crippen molar-refractivity contribution in [2.45, 2.75) is 18.4 Å². The number of carbonyl (C=O) groups is 1. The van der Waals surface area contributed by atoms with E-state index in [1.54, 1.807) is 12.1 Å². The lowest BCUT2D eigenvalue weighted by molar-refractivity contribution is 0.0434. The fraction of sp³-hybridized carbons (Fsp3) is 0.462. The van der Waals surface area contributed by atoms with Crippen molar-refractivity contribution in [3.05, 3.63) is 32.7 Å². The molecule has 0 saturated carbocycles. The number of nitrogens with one attached hydrogen (secondary N) is 1. The summed E-state index contributed by atoms with van der Waals surface area (Å²) in [4.78, 5) is 12.3. The molecule has 1 aromatic rings. The van der Waals surface area contributed by atoms with Gasteiger partial charge in [0.1, 0.15) is 0 Å². The Kier molecular flexibility index (Phi) is 5.29. The molecule has 1 aromatic carbocycles. The summed E-state index contributed by atoms with van der Waals surface area (Å²) in [5.41, 5.74) is 0.253. The van der Waals surface area contributed by atoms with Crippen molar-refractivity contribution in [3.63, 3.8) is 0 Å². The monoisotopic (exact) mass is 409 g/mol. The topological polar surface area (TPSA) is 38.3 Å². The van der Waals surface area contributed by atoms with Crippen LogP contribution >= 0.6 is 43.5 Å². The molecule has 104 valence electrons. The molecule has 1 N–H and O–H groups in total. The highest BCUT2D eigenvalue weighted by Crippen LogP contribution is 2.24. The summed E-state index contributed by atoms with van der Waals surface area (Å²) in [5.74, 6) is 0.293. The number of halogens is 3. The fourth-order valence-corrected chi connectivity index (χ4v) is 3.68. The molecule has 6 heteroatoms. The second kappa shape index (κ2) is 6.57. The highest BCUT2D eigenvalue weighted by atomic mass is 79.9. The van der Waals surface area contributed by atoms with Crippen molar-refractivity contribution in [1.29, 1.82) is 0 Å². The summed E-state index contributed by atoms with van der Waals surface area (Å²) >= 11 is 12.8. The van der Waals surface area contributed by atoms with Gasteiger partial charge in [-0.1, -0.05) is 31.9 Å². The average molecular weight is 412 g/mol. The number of amides is 1. The van der Waals surface area contributed by atoms with Crippen LogP contribution in [0.3, 0.4) is 0 Å². The van der Waals surface area contributed by atoms with Crippen molar-refractivity contribution in [1.82, 2.24) is 5.32 Å². The molecule has 1 aliphatic heterocycles. The zero-order valence-electron chi connectivity index (χ0n) is 10.2. The van der Waals surface area contributed by atoms with Gasteiger partial charge in [-0.2, -0.15) is 0 Å². The first-order valence-corrected chi connectivity index (χ1v) is 8.09. The van der Waals surface area contributed by atoms with Crippen molar-refractivity contribution in [2.75, 3.05) is 19.1 Å². The first-order valence-electron chi connectivity index (χ1n) is 5.97. The SMILES string of the molecule is O=C(NC1(CCl)CCOCC1)c1cc(Br)cc(Br)c1. The van der Waals surface area contributed by atoms with Gasteiger partial charge in [0.25, 0.3) is 5.91 Å². The van der Waals surface area contributed by atoms with E-state index in [0.717, 1.165) is 21.8 Å². The van der Waals surface area contributed by atoms with Crippen LogP contribution in [0.4, 0.5) is 0 Å². The van der Waals surface area contributed by atoms with Gasteiger partial charge in [0.05, 0.1) is 5.54 Å². The molecule has 2 rings (SSSR count). The van der Waals surface area contributed by atoms with Gasteiger partial charge in [0.2, 0.25) is 0 Å². The molecule has 0 unspecified atom stereocenters. The Hall–Kier alpha value is -0.100. The fourth-order valence-electron chi connectivity index (χ4n) is 2.05. The summed E-state index contributed by atoms with van der Waals surface area (Å²) < 4.78 is 7.05. The Labute approximate surface area is 134 Å². The second-order valence-corrected chi connectivity index (χ2v) is 6.74. The maximum atomic E-state index is 12.3. The van der Waals surface area contributed by atoms with Gasteiger partial charge in [0, 0.05) is 33.6 Å². The minimum absolute atomic E-state index is 0.107. The molecule has 3 nitrogen and oxygen atoms in total. The third-order valence-electron chi connectivity index (χ3n) is 3.21. The Morgan fingerprint density at radius 2 is 1.84 bits per heavy atom. The van der Waals surface area contributed by atoms with E-state index in [4.69, 9.17) is 16.3 Å². The number of hydrogen-bond acceptors (Lipinski definition) is 2. The van der Waals surface area contributed by atoms with Crippen LogP contribution in [-0.4, -0.2) is 30.5 Å². The Balaban J connectivity index is 2.15. The Morgan fingerprint density at radius 1 is 1.26 bits per heavy atom. The Morgan fingerprint density at radius 3 is 2.37 bits per heavy atom. The van der Waals surface area contributed by atoms with Crippen molar-refractivity contribution in [3.8, 4) is 0 Å². The number of rotatable bonds is 3. The van der Waals surface area contributed by atoms with Gasteiger partial charge >= 0.3 is 0 Å². The lowest BCUT2D eigenvalue weighted by Crippen LogP contribution is -2.53. The molecule has 1 heterocycles. The quantitative estimate of drug-likeness (QED) is 0.770. The number of benzene rings is 1. The first-order chi connectivity index (χ1) is 9.04. The normalized spacial score (nSPS) is 18.1. The molecule has 0 aromatic heterocycles. The summed E-state index contributed by atoms with van der Waals surface area (Å²) in [6.07, 6.45) is 1.49. The predicted molar refractivity (Wildman–Crippen MR) is 82.8 cm³/mol. The van der Waals surface area contributed by atoms with Crippen LogP contribution < -0.4 is 5.32 Å². The van der Waals surface area contributed by atoms with Crippen molar-refractivity contribution in [2.24, 2.45) is 0 Å². The molecule has 0 radical (unpaired) electrons. The van der Waals surface area contributed by atoms with Crippen LogP contribution in [0.15, 0.2) is 27.1 Å². The molecule has 0 spiro atoms. The molecule has 0 bridgehead atoms. The summed E-state index contributed by atoms with van der Waals surface area (Å²) in [6, 6.07) is 5.48. The predicted octanol–water partition coefficient (Wildman–Crippen LogP) is 3.73. The Bertz CT molecular complexity index is 455. The molecule has 1 amide bonds. The van der Waals surface area contributed by atoms with Gasteiger partial charge < -0.3 is 10.1 Å². The molecular formula is C13H14Br2ClNO2. The van der Waals surface area contributed by atoms with E-state index < -0.39 is 0 Å². The number of carbonyl (C=O) groups excluding carboxylic acids is 1. The van der Waals surface area contributed by atoms with Crippen molar-refractivity contribution >= 4 is 49.4 Å². The van der Waals surface area contributed by atoms with Gasteiger partial charge in [0.15, 0.2) is 0 Å². The summed E-state index contributed by atoms with van der Waals surface area (Å²) in [7, 11) is 0. The van der Waals surface area contributed by atoms with E-state index in [1.807, 2.05) is 6.07 Å². The largest absolute Gasteiger partial charge is 0.381 e. The van der Waals surface area contributed by atoms with Crippen LogP contribution in [0.2, 0.25) is 0 Å². The van der Waals surface area contributed by atoms with Gasteiger partial charge in [-0.25, -0.2) is 0 Å². The molecule has 19 heavy (non-hydrogen) atoms. The highest BCUT2D eigenvalue weighted by Gasteiger charge is 2.33. The van der Waals surface area contributed by atoms with E-state index in [9.17, 15) is 4.79 Å². The average Bonchev–Trinajstić information content (AvgIpc) is 2.38. The third kappa shape index (κ3) is 3.94. The third-order valence-corrected chi connectivity index (χ3v) is 4.64. The van der Waals surface area contributed by atoms with E-state index >= 15 is 0 Å². The van der Waals surface area contributed by atoms with Gasteiger partial charge in [-0.05, 0) is 31.0 Å². The first kappa shape index (κ1) is 15.3. The van der Waals surface area contributed by atoms with Crippen molar-refractivity contribution < 1.29 is 9.53 Å². The van der Waals surface area contributed by atoms with Crippen LogP contribution in [0.5, 0.6) is 0 Å².